The first-order valence-corrected chi connectivity index (χ1v) is 7.31. The molecule has 116 valence electrons. The second kappa shape index (κ2) is 7.61. The smallest absolute Gasteiger partial charge is 0.260 e. The Morgan fingerprint density at radius 3 is 2.45 bits per heavy atom. The fourth-order valence-electron chi connectivity index (χ4n) is 2.17. The van der Waals surface area contributed by atoms with Crippen LogP contribution in [0.1, 0.15) is 24.2 Å². The molecule has 2 N–H and O–H groups in total. The van der Waals surface area contributed by atoms with Crippen LogP contribution in [0.4, 0.5) is 0 Å². The Kier molecular flexibility index (Phi) is 5.55. The van der Waals surface area contributed by atoms with E-state index in [1.54, 1.807) is 19.1 Å². The molecule has 22 heavy (non-hydrogen) atoms. The second-order valence-electron chi connectivity index (χ2n) is 5.19. The molecule has 0 fully saturated rings. The van der Waals surface area contributed by atoms with Crippen LogP contribution >= 0.6 is 0 Å². The van der Waals surface area contributed by atoms with E-state index >= 15 is 0 Å². The largest absolute Gasteiger partial charge is 0.481 e. The molecule has 4 nitrogen and oxygen atoms in total. The molecule has 0 aliphatic heterocycles. The summed E-state index contributed by atoms with van der Waals surface area (Å²) >= 11 is 0. The lowest BCUT2D eigenvalue weighted by atomic mass is 10.0. The lowest BCUT2D eigenvalue weighted by Crippen LogP contribution is -2.38. The summed E-state index contributed by atoms with van der Waals surface area (Å²) in [6.07, 6.45) is -1.35. The van der Waals surface area contributed by atoms with Gasteiger partial charge in [-0.2, -0.15) is 0 Å². The fraction of sp³-hybridized carbons (Fsp3) is 0.278. The first-order valence-electron chi connectivity index (χ1n) is 7.31. The van der Waals surface area contributed by atoms with Crippen LogP contribution in [-0.4, -0.2) is 23.7 Å². The number of aryl methyl sites for hydroxylation is 1. The van der Waals surface area contributed by atoms with E-state index in [2.05, 4.69) is 5.32 Å². The average Bonchev–Trinajstić information content (AvgIpc) is 2.53. The lowest BCUT2D eigenvalue weighted by molar-refractivity contribution is -0.127. The van der Waals surface area contributed by atoms with Crippen molar-refractivity contribution in [2.24, 2.45) is 0 Å². The number of carbonyl (C=O) groups is 1. The van der Waals surface area contributed by atoms with E-state index in [-0.39, 0.29) is 12.5 Å². The van der Waals surface area contributed by atoms with Gasteiger partial charge in [0.25, 0.3) is 5.91 Å². The molecule has 0 aromatic heterocycles. The number of para-hydroxylation sites is 1. The molecule has 1 amide bonds. The molecule has 0 saturated heterocycles. The Morgan fingerprint density at radius 1 is 1.14 bits per heavy atom. The Bertz CT molecular complexity index is 613. The van der Waals surface area contributed by atoms with Crippen LogP contribution in [0, 0.1) is 6.92 Å². The molecule has 0 spiro atoms. The van der Waals surface area contributed by atoms with Crippen LogP contribution in [0.5, 0.6) is 5.75 Å². The van der Waals surface area contributed by atoms with Crippen LogP contribution < -0.4 is 10.1 Å². The Balaban J connectivity index is 1.86. The topological polar surface area (TPSA) is 58.6 Å². The van der Waals surface area contributed by atoms with Gasteiger partial charge in [-0.1, -0.05) is 42.5 Å². The number of hydrogen-bond donors (Lipinski definition) is 2. The molecule has 0 heterocycles. The lowest BCUT2D eigenvalue weighted by Gasteiger charge is -2.17. The van der Waals surface area contributed by atoms with Crippen molar-refractivity contribution in [2.75, 3.05) is 6.54 Å². The maximum absolute atomic E-state index is 12.0. The predicted octanol–water partition coefficient (Wildman–Crippen LogP) is 2.61. The fourth-order valence-corrected chi connectivity index (χ4v) is 2.17. The van der Waals surface area contributed by atoms with E-state index in [4.69, 9.17) is 4.74 Å². The Hall–Kier alpha value is -2.33. The van der Waals surface area contributed by atoms with Gasteiger partial charge in [0.2, 0.25) is 0 Å². The molecular formula is C18H21NO3. The molecule has 2 aromatic carbocycles. The van der Waals surface area contributed by atoms with Gasteiger partial charge < -0.3 is 15.2 Å². The van der Waals surface area contributed by atoms with Crippen molar-refractivity contribution in [1.82, 2.24) is 5.32 Å². The number of nitrogens with one attached hydrogen (secondary N) is 1. The zero-order chi connectivity index (χ0) is 15.9. The Labute approximate surface area is 130 Å². The SMILES string of the molecule is Cc1ccccc1C(O)CNC(=O)C(C)Oc1ccccc1. The molecular weight excluding hydrogens is 278 g/mol. The average molecular weight is 299 g/mol. The predicted molar refractivity (Wildman–Crippen MR) is 85.7 cm³/mol. The number of aliphatic hydroxyl groups is 1. The third-order valence-electron chi connectivity index (χ3n) is 3.44. The molecule has 2 atom stereocenters. The van der Waals surface area contributed by atoms with Crippen molar-refractivity contribution >= 4 is 5.91 Å². The monoisotopic (exact) mass is 299 g/mol. The number of hydrogen-bond acceptors (Lipinski definition) is 3. The molecule has 0 saturated carbocycles. The van der Waals surface area contributed by atoms with Gasteiger partial charge in [-0.25, -0.2) is 0 Å². The zero-order valence-electron chi connectivity index (χ0n) is 12.8. The van der Waals surface area contributed by atoms with Crippen LogP contribution in [0.2, 0.25) is 0 Å². The van der Waals surface area contributed by atoms with Crippen molar-refractivity contribution in [3.63, 3.8) is 0 Å². The van der Waals surface area contributed by atoms with Gasteiger partial charge >= 0.3 is 0 Å². The van der Waals surface area contributed by atoms with Crippen LogP contribution in [0.3, 0.4) is 0 Å². The second-order valence-corrected chi connectivity index (χ2v) is 5.19. The normalized spacial score (nSPS) is 13.2. The van der Waals surface area contributed by atoms with Gasteiger partial charge in [0.15, 0.2) is 6.10 Å². The van der Waals surface area contributed by atoms with Crippen molar-refractivity contribution in [3.05, 3.63) is 65.7 Å². The highest BCUT2D eigenvalue weighted by Crippen LogP contribution is 2.16. The molecule has 2 unspecified atom stereocenters. The highest BCUT2D eigenvalue weighted by atomic mass is 16.5. The molecule has 0 aliphatic carbocycles. The maximum Gasteiger partial charge on any atom is 0.260 e. The van der Waals surface area contributed by atoms with E-state index in [1.165, 1.54) is 0 Å². The zero-order valence-corrected chi connectivity index (χ0v) is 12.8. The summed E-state index contributed by atoms with van der Waals surface area (Å²) in [6.45, 7) is 3.77. The summed E-state index contributed by atoms with van der Waals surface area (Å²) in [5.74, 6) is 0.390. The van der Waals surface area contributed by atoms with E-state index in [9.17, 15) is 9.90 Å². The van der Waals surface area contributed by atoms with E-state index in [0.29, 0.717) is 5.75 Å². The van der Waals surface area contributed by atoms with Gasteiger partial charge in [0.05, 0.1) is 6.10 Å². The van der Waals surface area contributed by atoms with Crippen molar-refractivity contribution in [2.45, 2.75) is 26.1 Å². The molecule has 2 rings (SSSR count). The van der Waals surface area contributed by atoms with Gasteiger partial charge in [-0.15, -0.1) is 0 Å². The quantitative estimate of drug-likeness (QED) is 0.862. The van der Waals surface area contributed by atoms with Crippen LogP contribution in [0.25, 0.3) is 0 Å². The van der Waals surface area contributed by atoms with Crippen molar-refractivity contribution in [1.29, 1.82) is 0 Å². The summed E-state index contributed by atoms with van der Waals surface area (Å²) < 4.78 is 5.54. The van der Waals surface area contributed by atoms with Crippen molar-refractivity contribution in [3.8, 4) is 5.75 Å². The minimum Gasteiger partial charge on any atom is -0.481 e. The van der Waals surface area contributed by atoms with Gasteiger partial charge in [-0.3, -0.25) is 4.79 Å². The summed E-state index contributed by atoms with van der Waals surface area (Å²) in [5.41, 5.74) is 1.82. The minimum absolute atomic E-state index is 0.159. The molecule has 4 heteroatoms. The molecule has 0 aliphatic rings. The van der Waals surface area contributed by atoms with Crippen molar-refractivity contribution < 1.29 is 14.6 Å². The van der Waals surface area contributed by atoms with Gasteiger partial charge in [-0.05, 0) is 37.1 Å². The summed E-state index contributed by atoms with van der Waals surface area (Å²) in [5, 5.41) is 12.9. The first-order chi connectivity index (χ1) is 10.6. The number of rotatable bonds is 6. The maximum atomic E-state index is 12.0. The summed E-state index contributed by atoms with van der Waals surface area (Å²) in [7, 11) is 0. The minimum atomic E-state index is -0.728. The molecule has 2 aromatic rings. The number of ether oxygens (including phenoxy) is 1. The highest BCUT2D eigenvalue weighted by molar-refractivity contribution is 5.80. The molecule has 0 bridgehead atoms. The van der Waals surface area contributed by atoms with Crippen LogP contribution in [0.15, 0.2) is 54.6 Å². The third kappa shape index (κ3) is 4.33. The number of benzene rings is 2. The number of aliphatic hydroxyl groups excluding tert-OH is 1. The number of amides is 1. The summed E-state index contributed by atoms with van der Waals surface area (Å²) in [4.78, 5) is 12.0. The van der Waals surface area contributed by atoms with E-state index < -0.39 is 12.2 Å². The van der Waals surface area contributed by atoms with Gasteiger partial charge in [0.1, 0.15) is 5.75 Å². The summed E-state index contributed by atoms with van der Waals surface area (Å²) in [6, 6.07) is 16.8. The third-order valence-corrected chi connectivity index (χ3v) is 3.44. The van der Waals surface area contributed by atoms with Crippen LogP contribution in [-0.2, 0) is 4.79 Å². The standard InChI is InChI=1S/C18H21NO3/c1-13-8-6-7-11-16(13)17(20)12-19-18(21)14(2)22-15-9-4-3-5-10-15/h3-11,14,17,20H,12H2,1-2H3,(H,19,21). The van der Waals surface area contributed by atoms with E-state index in [1.807, 2.05) is 49.4 Å². The Morgan fingerprint density at radius 2 is 1.77 bits per heavy atom. The van der Waals surface area contributed by atoms with Gasteiger partial charge in [0, 0.05) is 6.54 Å². The molecule has 0 radical (unpaired) electrons. The van der Waals surface area contributed by atoms with E-state index in [0.717, 1.165) is 11.1 Å². The number of carbonyl (C=O) groups excluding carboxylic acids is 1. The highest BCUT2D eigenvalue weighted by Gasteiger charge is 2.17. The first kappa shape index (κ1) is 16.0.